The standard InChI is InChI=1S/C46H86O3S/c1-5-9-13-17-21-25-29-33-37-42-41-46(50(47,48)49)45(40-36-32-28-24-20-16-12-8-4)44(39-35-31-27-23-19-15-11-7-3)43(42)38-34-30-26-22-18-14-10-6-2/h41H,5-40H2,1-4H3,(H,47,48,49). The first-order valence-corrected chi connectivity index (χ1v) is 24.0. The van der Waals surface area contributed by atoms with Crippen molar-refractivity contribution in [3.63, 3.8) is 0 Å². The summed E-state index contributed by atoms with van der Waals surface area (Å²) in [6.07, 6.45) is 44.5. The van der Waals surface area contributed by atoms with Crippen LogP contribution in [-0.4, -0.2) is 13.0 Å². The van der Waals surface area contributed by atoms with Gasteiger partial charge < -0.3 is 0 Å². The molecule has 0 spiro atoms. The Bertz CT molecular complexity index is 1010. The Labute approximate surface area is 314 Å². The molecule has 50 heavy (non-hydrogen) atoms. The van der Waals surface area contributed by atoms with Gasteiger partial charge in [0.25, 0.3) is 10.1 Å². The molecule has 0 aliphatic carbocycles. The van der Waals surface area contributed by atoms with Gasteiger partial charge in [0.15, 0.2) is 0 Å². The highest BCUT2D eigenvalue weighted by Crippen LogP contribution is 2.33. The van der Waals surface area contributed by atoms with E-state index in [1.54, 1.807) is 0 Å². The van der Waals surface area contributed by atoms with E-state index >= 15 is 0 Å². The fourth-order valence-corrected chi connectivity index (χ4v) is 8.78. The van der Waals surface area contributed by atoms with Gasteiger partial charge in [-0.05, 0) is 79.7 Å². The number of rotatable bonds is 37. The summed E-state index contributed by atoms with van der Waals surface area (Å²) in [5.74, 6) is 0. The van der Waals surface area contributed by atoms with Crippen molar-refractivity contribution in [2.24, 2.45) is 0 Å². The Morgan fingerprint density at radius 2 is 0.620 bits per heavy atom. The number of aryl methyl sites for hydroxylation is 1. The molecule has 0 bridgehead atoms. The zero-order valence-electron chi connectivity index (χ0n) is 34.2. The first kappa shape index (κ1) is 47.2. The van der Waals surface area contributed by atoms with E-state index in [-0.39, 0.29) is 4.90 Å². The minimum atomic E-state index is -4.29. The molecule has 0 aliphatic heterocycles. The fraction of sp³-hybridized carbons (Fsp3) is 0.870. The number of hydrogen-bond donors (Lipinski definition) is 1. The van der Waals surface area contributed by atoms with Gasteiger partial charge in [-0.3, -0.25) is 4.55 Å². The molecule has 3 nitrogen and oxygen atoms in total. The van der Waals surface area contributed by atoms with Gasteiger partial charge in [-0.2, -0.15) is 8.42 Å². The second kappa shape index (κ2) is 32.8. The summed E-state index contributed by atoms with van der Waals surface area (Å²) < 4.78 is 36.8. The van der Waals surface area contributed by atoms with Crippen molar-refractivity contribution in [3.05, 3.63) is 28.3 Å². The lowest BCUT2D eigenvalue weighted by molar-refractivity contribution is 0.480. The van der Waals surface area contributed by atoms with Crippen LogP contribution in [0, 0.1) is 0 Å². The van der Waals surface area contributed by atoms with Crippen LogP contribution in [0.2, 0.25) is 0 Å². The SMILES string of the molecule is CCCCCCCCCCc1cc(S(=O)(=O)O)c(CCCCCCCCCC)c(CCCCCCCCCC)c1CCCCCCCCCC. The molecular formula is C46H86O3S. The lowest BCUT2D eigenvalue weighted by Crippen LogP contribution is -2.13. The summed E-state index contributed by atoms with van der Waals surface area (Å²) in [7, 11) is -4.29. The second-order valence-corrected chi connectivity index (χ2v) is 17.2. The predicted octanol–water partition coefficient (Wildman–Crippen LogP) is 15.7. The molecule has 0 aliphatic rings. The van der Waals surface area contributed by atoms with Crippen LogP contribution < -0.4 is 0 Å². The minimum absolute atomic E-state index is 0.240. The second-order valence-electron chi connectivity index (χ2n) is 15.8. The van der Waals surface area contributed by atoms with Crippen molar-refractivity contribution in [2.45, 2.75) is 264 Å². The number of benzene rings is 1. The monoisotopic (exact) mass is 719 g/mol. The third kappa shape index (κ3) is 23.6. The summed E-state index contributed by atoms with van der Waals surface area (Å²) in [4.78, 5) is 0.240. The van der Waals surface area contributed by atoms with E-state index in [2.05, 4.69) is 27.7 Å². The lowest BCUT2D eigenvalue weighted by Gasteiger charge is -2.22. The molecule has 1 aromatic carbocycles. The third-order valence-electron chi connectivity index (χ3n) is 11.1. The zero-order valence-corrected chi connectivity index (χ0v) is 35.0. The Hall–Kier alpha value is -0.870. The highest BCUT2D eigenvalue weighted by molar-refractivity contribution is 7.85. The molecule has 0 heterocycles. The summed E-state index contributed by atoms with van der Waals surface area (Å²) in [6.45, 7) is 9.10. The molecule has 0 saturated heterocycles. The van der Waals surface area contributed by atoms with Crippen LogP contribution in [-0.2, 0) is 35.8 Å². The van der Waals surface area contributed by atoms with E-state index in [0.29, 0.717) is 0 Å². The Balaban J connectivity index is 3.22. The molecule has 1 rings (SSSR count). The summed E-state index contributed by atoms with van der Waals surface area (Å²) >= 11 is 0. The van der Waals surface area contributed by atoms with E-state index < -0.39 is 10.1 Å². The van der Waals surface area contributed by atoms with Crippen molar-refractivity contribution in [1.82, 2.24) is 0 Å². The van der Waals surface area contributed by atoms with E-state index in [4.69, 9.17) is 0 Å². The molecule has 0 amide bonds. The van der Waals surface area contributed by atoms with Gasteiger partial charge in [0.2, 0.25) is 0 Å². The molecule has 0 aromatic heterocycles. The zero-order chi connectivity index (χ0) is 36.5. The number of hydrogen-bond acceptors (Lipinski definition) is 2. The molecule has 1 aromatic rings. The van der Waals surface area contributed by atoms with Crippen molar-refractivity contribution in [3.8, 4) is 0 Å². The Morgan fingerprint density at radius 1 is 0.360 bits per heavy atom. The molecule has 294 valence electrons. The highest BCUT2D eigenvalue weighted by atomic mass is 32.2. The normalized spacial score (nSPS) is 11.9. The lowest BCUT2D eigenvalue weighted by atomic mass is 9.85. The van der Waals surface area contributed by atoms with Gasteiger partial charge in [0.1, 0.15) is 0 Å². The third-order valence-corrected chi connectivity index (χ3v) is 12.1. The van der Waals surface area contributed by atoms with Crippen molar-refractivity contribution < 1.29 is 13.0 Å². The van der Waals surface area contributed by atoms with Crippen molar-refractivity contribution in [1.29, 1.82) is 0 Å². The van der Waals surface area contributed by atoms with Crippen LogP contribution in [0.4, 0.5) is 0 Å². The average molecular weight is 719 g/mol. The van der Waals surface area contributed by atoms with Gasteiger partial charge in [-0.15, -0.1) is 0 Å². The summed E-state index contributed by atoms with van der Waals surface area (Å²) in [5.41, 5.74) is 4.96. The van der Waals surface area contributed by atoms with Gasteiger partial charge >= 0.3 is 0 Å². The molecule has 0 unspecified atom stereocenters. The van der Waals surface area contributed by atoms with Gasteiger partial charge in [0.05, 0.1) is 4.90 Å². The van der Waals surface area contributed by atoms with Gasteiger partial charge in [0, 0.05) is 0 Å². The molecular weight excluding hydrogens is 633 g/mol. The quantitative estimate of drug-likeness (QED) is 0.0550. The minimum Gasteiger partial charge on any atom is -0.282 e. The smallest absolute Gasteiger partial charge is 0.282 e. The molecule has 0 fully saturated rings. The van der Waals surface area contributed by atoms with E-state index in [1.807, 2.05) is 6.07 Å². The van der Waals surface area contributed by atoms with E-state index in [0.717, 1.165) is 56.9 Å². The van der Waals surface area contributed by atoms with Crippen LogP contribution >= 0.6 is 0 Å². The van der Waals surface area contributed by atoms with Crippen LogP contribution in [0.15, 0.2) is 11.0 Å². The summed E-state index contributed by atoms with van der Waals surface area (Å²) in [5, 5.41) is 0. The average Bonchev–Trinajstić information content (AvgIpc) is 3.09. The molecule has 0 radical (unpaired) electrons. The van der Waals surface area contributed by atoms with Crippen molar-refractivity contribution >= 4 is 10.1 Å². The van der Waals surface area contributed by atoms with Crippen LogP contribution in [0.25, 0.3) is 0 Å². The maximum Gasteiger partial charge on any atom is 0.294 e. The van der Waals surface area contributed by atoms with Crippen LogP contribution in [0.5, 0.6) is 0 Å². The van der Waals surface area contributed by atoms with Crippen molar-refractivity contribution in [2.75, 3.05) is 0 Å². The maximum atomic E-state index is 13.1. The van der Waals surface area contributed by atoms with Gasteiger partial charge in [-0.1, -0.05) is 207 Å². The maximum absolute atomic E-state index is 13.1. The Kier molecular flexibility index (Phi) is 30.9. The first-order chi connectivity index (χ1) is 24.4. The topological polar surface area (TPSA) is 54.4 Å². The van der Waals surface area contributed by atoms with E-state index in [9.17, 15) is 13.0 Å². The first-order valence-electron chi connectivity index (χ1n) is 22.5. The van der Waals surface area contributed by atoms with Crippen LogP contribution in [0.1, 0.15) is 255 Å². The Morgan fingerprint density at radius 3 is 0.940 bits per heavy atom. The van der Waals surface area contributed by atoms with E-state index in [1.165, 1.54) is 196 Å². The molecule has 4 heteroatoms. The number of unbranched alkanes of at least 4 members (excludes halogenated alkanes) is 28. The molecule has 0 atom stereocenters. The predicted molar refractivity (Wildman–Crippen MR) is 222 cm³/mol. The summed E-state index contributed by atoms with van der Waals surface area (Å²) in [6, 6.07) is 1.94. The highest BCUT2D eigenvalue weighted by Gasteiger charge is 2.24. The largest absolute Gasteiger partial charge is 0.294 e. The molecule has 1 N–H and O–H groups in total. The fourth-order valence-electron chi connectivity index (χ4n) is 7.95. The van der Waals surface area contributed by atoms with Gasteiger partial charge in [-0.25, -0.2) is 0 Å². The van der Waals surface area contributed by atoms with Crippen LogP contribution in [0.3, 0.4) is 0 Å². The molecule has 0 saturated carbocycles.